The molecule has 0 aromatic rings. The fraction of sp³-hybridized carbons (Fsp3) is 0.917. The molecule has 6 nitrogen and oxygen atoms in total. The van der Waals surface area contributed by atoms with E-state index in [9.17, 15) is 13.2 Å². The van der Waals surface area contributed by atoms with Crippen molar-refractivity contribution in [3.05, 3.63) is 0 Å². The standard InChI is InChI=1S/C12H24N2O4S/c1-10(2)14(19(3,16)17)7-6-12(15)13-9-11-5-4-8-18-11/h10-11H,4-9H2,1-3H3,(H,13,15). The van der Waals surface area contributed by atoms with Gasteiger partial charge in [-0.1, -0.05) is 0 Å². The monoisotopic (exact) mass is 292 g/mol. The van der Waals surface area contributed by atoms with Crippen LogP contribution >= 0.6 is 0 Å². The molecule has 0 aliphatic carbocycles. The summed E-state index contributed by atoms with van der Waals surface area (Å²) in [5.74, 6) is -0.134. The van der Waals surface area contributed by atoms with Gasteiger partial charge in [0.15, 0.2) is 0 Å². The number of hydrogen-bond acceptors (Lipinski definition) is 4. The number of rotatable bonds is 7. The first kappa shape index (κ1) is 16.4. The number of carbonyl (C=O) groups is 1. The summed E-state index contributed by atoms with van der Waals surface area (Å²) in [5, 5.41) is 2.78. The minimum absolute atomic E-state index is 0.111. The Bertz CT molecular complexity index is 389. The maximum Gasteiger partial charge on any atom is 0.221 e. The molecular weight excluding hydrogens is 268 g/mol. The largest absolute Gasteiger partial charge is 0.376 e. The van der Waals surface area contributed by atoms with E-state index in [1.165, 1.54) is 4.31 Å². The Morgan fingerprint density at radius 1 is 1.47 bits per heavy atom. The molecule has 0 radical (unpaired) electrons. The van der Waals surface area contributed by atoms with Crippen molar-refractivity contribution in [2.24, 2.45) is 0 Å². The average molecular weight is 292 g/mol. The summed E-state index contributed by atoms with van der Waals surface area (Å²) >= 11 is 0. The van der Waals surface area contributed by atoms with E-state index in [-0.39, 0.29) is 31.0 Å². The fourth-order valence-corrected chi connectivity index (χ4v) is 3.33. The second kappa shape index (κ2) is 7.21. The molecule has 1 rings (SSSR count). The zero-order valence-corrected chi connectivity index (χ0v) is 12.7. The van der Waals surface area contributed by atoms with Crippen molar-refractivity contribution >= 4 is 15.9 Å². The third kappa shape index (κ3) is 5.88. The predicted octanol–water partition coefficient (Wildman–Crippen LogP) is 0.342. The van der Waals surface area contributed by atoms with Crippen molar-refractivity contribution in [2.75, 3.05) is 26.0 Å². The Kier molecular flexibility index (Phi) is 6.22. The van der Waals surface area contributed by atoms with Crippen molar-refractivity contribution < 1.29 is 17.9 Å². The highest BCUT2D eigenvalue weighted by Gasteiger charge is 2.21. The van der Waals surface area contributed by atoms with Crippen LogP contribution in [-0.4, -0.2) is 56.7 Å². The van der Waals surface area contributed by atoms with Gasteiger partial charge in [-0.25, -0.2) is 8.42 Å². The number of sulfonamides is 1. The van der Waals surface area contributed by atoms with Crippen LogP contribution in [0.3, 0.4) is 0 Å². The summed E-state index contributed by atoms with van der Waals surface area (Å²) in [7, 11) is -3.26. The minimum atomic E-state index is -3.26. The van der Waals surface area contributed by atoms with E-state index in [0.717, 1.165) is 25.7 Å². The second-order valence-corrected chi connectivity index (χ2v) is 7.09. The van der Waals surface area contributed by atoms with E-state index in [1.54, 1.807) is 13.8 Å². The lowest BCUT2D eigenvalue weighted by Gasteiger charge is -2.23. The summed E-state index contributed by atoms with van der Waals surface area (Å²) in [6.45, 7) is 5.08. The van der Waals surface area contributed by atoms with Crippen molar-refractivity contribution in [1.82, 2.24) is 9.62 Å². The average Bonchev–Trinajstić information content (AvgIpc) is 2.76. The molecule has 1 unspecified atom stereocenters. The van der Waals surface area contributed by atoms with Gasteiger partial charge < -0.3 is 10.1 Å². The zero-order chi connectivity index (χ0) is 14.5. The van der Waals surface area contributed by atoms with Crippen LogP contribution in [0.4, 0.5) is 0 Å². The summed E-state index contributed by atoms with van der Waals surface area (Å²) in [6.07, 6.45) is 3.47. The molecule has 112 valence electrons. The topological polar surface area (TPSA) is 75.7 Å². The molecule has 1 N–H and O–H groups in total. The van der Waals surface area contributed by atoms with Crippen LogP contribution in [0.15, 0.2) is 0 Å². The normalized spacial score (nSPS) is 20.2. The van der Waals surface area contributed by atoms with Crippen molar-refractivity contribution in [2.45, 2.75) is 45.3 Å². The molecule has 7 heteroatoms. The van der Waals surface area contributed by atoms with Crippen LogP contribution in [0.5, 0.6) is 0 Å². The Balaban J connectivity index is 2.31. The Labute approximate surface area is 115 Å². The van der Waals surface area contributed by atoms with Gasteiger partial charge in [0.05, 0.1) is 12.4 Å². The van der Waals surface area contributed by atoms with Gasteiger partial charge in [0, 0.05) is 32.2 Å². The maximum atomic E-state index is 11.7. The summed E-state index contributed by atoms with van der Waals surface area (Å²) in [4.78, 5) is 11.7. The van der Waals surface area contributed by atoms with Crippen molar-refractivity contribution in [3.8, 4) is 0 Å². The predicted molar refractivity (Wildman–Crippen MR) is 73.3 cm³/mol. The number of amides is 1. The molecule has 1 heterocycles. The fourth-order valence-electron chi connectivity index (χ4n) is 2.14. The molecule has 0 bridgehead atoms. The molecule has 0 aromatic heterocycles. The third-order valence-corrected chi connectivity index (χ3v) is 4.57. The second-order valence-electron chi connectivity index (χ2n) is 5.16. The van der Waals surface area contributed by atoms with Gasteiger partial charge >= 0.3 is 0 Å². The van der Waals surface area contributed by atoms with E-state index in [4.69, 9.17) is 4.74 Å². The van der Waals surface area contributed by atoms with Crippen LogP contribution in [0.25, 0.3) is 0 Å². The van der Waals surface area contributed by atoms with Crippen molar-refractivity contribution in [1.29, 1.82) is 0 Å². The summed E-state index contributed by atoms with van der Waals surface area (Å²) in [6, 6.07) is -0.138. The molecule has 1 saturated heterocycles. The molecule has 0 saturated carbocycles. The van der Waals surface area contributed by atoms with E-state index in [2.05, 4.69) is 5.32 Å². The van der Waals surface area contributed by atoms with Gasteiger partial charge in [0.2, 0.25) is 15.9 Å². The van der Waals surface area contributed by atoms with Gasteiger partial charge in [-0.05, 0) is 26.7 Å². The van der Waals surface area contributed by atoms with E-state index >= 15 is 0 Å². The van der Waals surface area contributed by atoms with Crippen LogP contribution < -0.4 is 5.32 Å². The highest BCUT2D eigenvalue weighted by molar-refractivity contribution is 7.88. The SMILES string of the molecule is CC(C)N(CCC(=O)NCC1CCCO1)S(C)(=O)=O. The number of nitrogens with one attached hydrogen (secondary N) is 1. The molecule has 19 heavy (non-hydrogen) atoms. The van der Waals surface area contributed by atoms with E-state index < -0.39 is 10.0 Å². The minimum Gasteiger partial charge on any atom is -0.376 e. The van der Waals surface area contributed by atoms with Crippen LogP contribution in [0.1, 0.15) is 33.1 Å². The molecule has 1 aliphatic heterocycles. The van der Waals surface area contributed by atoms with Crippen LogP contribution in [0.2, 0.25) is 0 Å². The maximum absolute atomic E-state index is 11.7. The Morgan fingerprint density at radius 2 is 2.16 bits per heavy atom. The molecule has 0 spiro atoms. The van der Waals surface area contributed by atoms with Gasteiger partial charge in [0.1, 0.15) is 0 Å². The Hall–Kier alpha value is -0.660. The van der Waals surface area contributed by atoms with Crippen LogP contribution in [-0.2, 0) is 19.6 Å². The van der Waals surface area contributed by atoms with Crippen LogP contribution in [0, 0.1) is 0 Å². The molecule has 0 aromatic carbocycles. The lowest BCUT2D eigenvalue weighted by molar-refractivity contribution is -0.121. The van der Waals surface area contributed by atoms with E-state index in [1.807, 2.05) is 0 Å². The molecule has 1 atom stereocenters. The first-order valence-corrected chi connectivity index (χ1v) is 8.50. The molecular formula is C12H24N2O4S. The number of carbonyl (C=O) groups excluding carboxylic acids is 1. The lowest BCUT2D eigenvalue weighted by Crippen LogP contribution is -2.40. The van der Waals surface area contributed by atoms with Crippen molar-refractivity contribution in [3.63, 3.8) is 0 Å². The smallest absolute Gasteiger partial charge is 0.221 e. The zero-order valence-electron chi connectivity index (χ0n) is 11.9. The summed E-state index contributed by atoms with van der Waals surface area (Å²) < 4.78 is 29.8. The molecule has 1 amide bonds. The first-order valence-electron chi connectivity index (χ1n) is 6.66. The van der Waals surface area contributed by atoms with Gasteiger partial charge in [-0.2, -0.15) is 4.31 Å². The highest BCUT2D eigenvalue weighted by Crippen LogP contribution is 2.10. The number of ether oxygens (including phenoxy) is 1. The number of hydrogen-bond donors (Lipinski definition) is 1. The Morgan fingerprint density at radius 3 is 2.63 bits per heavy atom. The molecule has 1 fully saturated rings. The lowest BCUT2D eigenvalue weighted by atomic mass is 10.2. The molecule has 1 aliphatic rings. The van der Waals surface area contributed by atoms with Gasteiger partial charge in [-0.3, -0.25) is 4.79 Å². The van der Waals surface area contributed by atoms with Gasteiger partial charge in [-0.15, -0.1) is 0 Å². The third-order valence-electron chi connectivity index (χ3n) is 3.11. The quantitative estimate of drug-likeness (QED) is 0.734. The first-order chi connectivity index (χ1) is 8.80. The van der Waals surface area contributed by atoms with Gasteiger partial charge in [0.25, 0.3) is 0 Å². The highest BCUT2D eigenvalue weighted by atomic mass is 32.2. The number of nitrogens with zero attached hydrogens (tertiary/aromatic N) is 1. The summed E-state index contributed by atoms with van der Waals surface area (Å²) in [5.41, 5.74) is 0. The van der Waals surface area contributed by atoms with E-state index in [0.29, 0.717) is 6.54 Å².